The smallest absolute Gasteiger partial charge is 0.238 e. The molecule has 4 nitrogen and oxygen atoms in total. The Labute approximate surface area is 329 Å². The summed E-state index contributed by atoms with van der Waals surface area (Å²) < 4.78 is 4.83. The molecule has 56 heavy (non-hydrogen) atoms. The summed E-state index contributed by atoms with van der Waals surface area (Å²) in [4.78, 5) is 15.7. The second-order valence-corrected chi connectivity index (χ2v) is 14.7. The van der Waals surface area contributed by atoms with Crippen LogP contribution in [0.3, 0.4) is 0 Å². The highest BCUT2D eigenvalue weighted by Gasteiger charge is 2.22. The van der Waals surface area contributed by atoms with Gasteiger partial charge in [0.05, 0.1) is 11.0 Å². The number of rotatable bonds is 5. The largest absolute Gasteiger partial charge is 0.277 e. The van der Waals surface area contributed by atoms with Gasteiger partial charge in [0.1, 0.15) is 0 Å². The lowest BCUT2D eigenvalue weighted by atomic mass is 9.97. The summed E-state index contributed by atoms with van der Waals surface area (Å²) in [5.41, 5.74) is 8.63. The second kappa shape index (κ2) is 14.0. The van der Waals surface area contributed by atoms with Gasteiger partial charge >= 0.3 is 0 Å². The third-order valence-corrected chi connectivity index (χ3v) is 11.6. The molecule has 0 spiro atoms. The number of fused-ring (bicyclic) bond motifs is 7. The van der Waals surface area contributed by atoms with E-state index in [0.29, 0.717) is 17.6 Å². The second-order valence-electron chi connectivity index (χ2n) is 13.6. The van der Waals surface area contributed by atoms with Crippen LogP contribution in [0.4, 0.5) is 0 Å². The predicted octanol–water partition coefficient (Wildman–Crippen LogP) is 14.2. The van der Waals surface area contributed by atoms with Gasteiger partial charge in [-0.3, -0.25) is 4.57 Å². The molecule has 0 atom stereocenters. The molecule has 266 valence electrons. The van der Waals surface area contributed by atoms with E-state index in [1.165, 1.54) is 36.7 Å². The number of para-hydroxylation sites is 1. The quantitative estimate of drug-likeness (QED) is 0.177. The average molecular weight is 737 g/mol. The lowest BCUT2D eigenvalue weighted by Crippen LogP contribution is -2.07. The average Bonchev–Trinajstić information content (AvgIpc) is 3.82. The summed E-state index contributed by atoms with van der Waals surface area (Å²) in [5, 5.41) is 7.21. The molecule has 0 radical (unpaired) electrons. The maximum Gasteiger partial charge on any atom is 0.238 e. The lowest BCUT2D eigenvalue weighted by Gasteiger charge is -2.14. The zero-order valence-electron chi connectivity index (χ0n) is 31.0. The molecule has 0 N–H and O–H groups in total. The van der Waals surface area contributed by atoms with E-state index in [4.69, 9.17) is 15.0 Å². The Morgan fingerprint density at radius 2 is 0.946 bits per heavy atom. The molecule has 0 saturated carbocycles. The van der Waals surface area contributed by atoms with Crippen LogP contribution in [-0.4, -0.2) is 19.5 Å². The van der Waals surface area contributed by atoms with Crippen LogP contribution in [0, 0.1) is 0 Å². The fraction of sp³-hybridized carbons (Fsp3) is 0.0392. The standard InChI is InChI=1S/C49H30N4S.C2H6/c1-3-13-31(14-4-1)32-25-27-34(28-26-32)48-50-47(33-15-5-2-6-16-33)51-49(52-48)53-42-30-36-18-8-7-17-35(36)29-41(42)39-22-11-21-38(46(39)53)37-20-12-24-44-45(37)40-19-9-10-23-43(40)54-44;1-2/h1-30H;1-2H3. The molecule has 0 fully saturated rings. The molecule has 0 saturated heterocycles. The normalized spacial score (nSPS) is 11.4. The molecule has 0 aliphatic carbocycles. The van der Waals surface area contributed by atoms with Crippen LogP contribution in [0.25, 0.3) is 104 Å². The van der Waals surface area contributed by atoms with E-state index >= 15 is 0 Å². The van der Waals surface area contributed by atoms with Crippen LogP contribution in [0.1, 0.15) is 13.8 Å². The highest BCUT2D eigenvalue weighted by atomic mass is 32.1. The van der Waals surface area contributed by atoms with Gasteiger partial charge in [-0.1, -0.05) is 172 Å². The number of benzene rings is 8. The number of nitrogens with zero attached hydrogens (tertiary/aromatic N) is 4. The Balaban J connectivity index is 0.00000189. The molecule has 3 aromatic heterocycles. The molecule has 0 amide bonds. The molecule has 0 bridgehead atoms. The van der Waals surface area contributed by atoms with E-state index in [0.717, 1.165) is 49.4 Å². The number of aromatic nitrogens is 4. The van der Waals surface area contributed by atoms with E-state index in [2.05, 4.69) is 162 Å². The van der Waals surface area contributed by atoms with Gasteiger partial charge in [0.25, 0.3) is 0 Å². The first-order chi connectivity index (χ1) is 27.8. The van der Waals surface area contributed by atoms with Gasteiger partial charge in [0, 0.05) is 47.6 Å². The van der Waals surface area contributed by atoms with Crippen LogP contribution < -0.4 is 0 Å². The van der Waals surface area contributed by atoms with Gasteiger partial charge in [-0.25, -0.2) is 4.98 Å². The van der Waals surface area contributed by atoms with Crippen LogP contribution in [0.5, 0.6) is 0 Å². The summed E-state index contributed by atoms with van der Waals surface area (Å²) in [7, 11) is 0. The fourth-order valence-corrected chi connectivity index (χ4v) is 9.06. The van der Waals surface area contributed by atoms with Crippen molar-refractivity contribution in [2.45, 2.75) is 13.8 Å². The third kappa shape index (κ3) is 5.64. The Bertz CT molecular complexity index is 3200. The molecular weight excluding hydrogens is 701 g/mol. The molecular formula is C51H36N4S. The molecule has 8 aromatic carbocycles. The van der Waals surface area contributed by atoms with Crippen molar-refractivity contribution in [3.8, 4) is 51.0 Å². The minimum atomic E-state index is 0.580. The van der Waals surface area contributed by atoms with Crippen molar-refractivity contribution in [3.05, 3.63) is 182 Å². The number of hydrogen-bond donors (Lipinski definition) is 0. The Hall–Kier alpha value is -6.95. The van der Waals surface area contributed by atoms with Gasteiger partial charge in [-0.2, -0.15) is 9.97 Å². The number of thiophene rings is 1. The molecule has 5 heteroatoms. The zero-order valence-corrected chi connectivity index (χ0v) is 31.8. The first kappa shape index (κ1) is 33.6. The monoisotopic (exact) mass is 736 g/mol. The van der Waals surface area contributed by atoms with Crippen LogP contribution in [0.15, 0.2) is 182 Å². The van der Waals surface area contributed by atoms with Crippen molar-refractivity contribution < 1.29 is 0 Å². The predicted molar refractivity (Wildman–Crippen MR) is 238 cm³/mol. The van der Waals surface area contributed by atoms with Crippen molar-refractivity contribution in [2.75, 3.05) is 0 Å². The summed E-state index contributed by atoms with van der Waals surface area (Å²) in [6, 6.07) is 64.4. The van der Waals surface area contributed by atoms with Crippen molar-refractivity contribution in [1.29, 1.82) is 0 Å². The van der Waals surface area contributed by atoms with Gasteiger partial charge in [-0.15, -0.1) is 11.3 Å². The topological polar surface area (TPSA) is 43.6 Å². The van der Waals surface area contributed by atoms with E-state index in [9.17, 15) is 0 Å². The molecule has 11 aromatic rings. The molecule has 3 heterocycles. The Morgan fingerprint density at radius 1 is 0.411 bits per heavy atom. The highest BCUT2D eigenvalue weighted by molar-refractivity contribution is 7.25. The van der Waals surface area contributed by atoms with Crippen molar-refractivity contribution >= 4 is 64.1 Å². The Kier molecular flexibility index (Phi) is 8.42. The SMILES string of the molecule is CC.c1ccc(-c2ccc(-c3nc(-c4ccccc4)nc(-n4c5cc6ccccc6cc5c5cccc(-c6cccc7sc8ccccc8c67)c54)n3)cc2)cc1. The van der Waals surface area contributed by atoms with E-state index < -0.39 is 0 Å². The molecule has 11 rings (SSSR count). The molecule has 0 aliphatic rings. The maximum absolute atomic E-state index is 5.33. The van der Waals surface area contributed by atoms with Gasteiger partial charge in [0.2, 0.25) is 5.95 Å². The summed E-state index contributed by atoms with van der Waals surface area (Å²) in [5.74, 6) is 1.83. The lowest BCUT2D eigenvalue weighted by molar-refractivity contribution is 0.954. The highest BCUT2D eigenvalue weighted by Crippen LogP contribution is 2.44. The fourth-order valence-electron chi connectivity index (χ4n) is 7.93. The summed E-state index contributed by atoms with van der Waals surface area (Å²) >= 11 is 1.84. The van der Waals surface area contributed by atoms with Crippen LogP contribution >= 0.6 is 11.3 Å². The summed E-state index contributed by atoms with van der Waals surface area (Å²) in [6.45, 7) is 4.00. The minimum absolute atomic E-state index is 0.580. The zero-order chi connectivity index (χ0) is 37.6. The third-order valence-electron chi connectivity index (χ3n) is 10.5. The first-order valence-corrected chi connectivity index (χ1v) is 19.9. The van der Waals surface area contributed by atoms with Crippen LogP contribution in [-0.2, 0) is 0 Å². The van der Waals surface area contributed by atoms with E-state index in [1.54, 1.807) is 0 Å². The number of hydrogen-bond acceptors (Lipinski definition) is 4. The van der Waals surface area contributed by atoms with Crippen LogP contribution in [0.2, 0.25) is 0 Å². The first-order valence-electron chi connectivity index (χ1n) is 19.1. The Morgan fingerprint density at radius 3 is 1.70 bits per heavy atom. The van der Waals surface area contributed by atoms with Gasteiger partial charge in [-0.05, 0) is 51.7 Å². The molecule has 0 aliphatic heterocycles. The van der Waals surface area contributed by atoms with Gasteiger partial charge in [0.15, 0.2) is 11.6 Å². The maximum atomic E-state index is 5.33. The van der Waals surface area contributed by atoms with Gasteiger partial charge < -0.3 is 0 Å². The minimum Gasteiger partial charge on any atom is -0.277 e. The van der Waals surface area contributed by atoms with Crippen molar-refractivity contribution in [2.24, 2.45) is 0 Å². The van der Waals surface area contributed by atoms with Crippen molar-refractivity contribution in [1.82, 2.24) is 19.5 Å². The van der Waals surface area contributed by atoms with Crippen molar-refractivity contribution in [3.63, 3.8) is 0 Å². The summed E-state index contributed by atoms with van der Waals surface area (Å²) in [6.07, 6.45) is 0. The molecule has 0 unspecified atom stereocenters. The van der Waals surface area contributed by atoms with E-state index in [1.807, 2.05) is 49.4 Å². The van der Waals surface area contributed by atoms with E-state index in [-0.39, 0.29) is 0 Å².